The molecule has 1 saturated carbocycles. The number of likely N-dealkylation sites (tertiary alicyclic amines) is 1. The Balaban J connectivity index is 1.75. The van der Waals surface area contributed by atoms with E-state index < -0.39 is 0 Å². The van der Waals surface area contributed by atoms with Crippen molar-refractivity contribution in [3.63, 3.8) is 0 Å². The monoisotopic (exact) mass is 237 g/mol. The molecule has 2 aliphatic rings. The summed E-state index contributed by atoms with van der Waals surface area (Å²) in [6.07, 6.45) is 7.33. The molecule has 100 valence electrons. The van der Waals surface area contributed by atoms with Crippen LogP contribution >= 0.6 is 0 Å². The van der Waals surface area contributed by atoms with Crippen LogP contribution in [0.3, 0.4) is 0 Å². The van der Waals surface area contributed by atoms with Crippen molar-refractivity contribution in [3.05, 3.63) is 0 Å². The SMILES string of the molecule is CC(C)CC1(CN2CCC(C(C)C)CC2)CC1. The molecule has 0 amide bonds. The predicted molar refractivity (Wildman–Crippen MR) is 75.1 cm³/mol. The minimum atomic E-state index is 0.735. The van der Waals surface area contributed by atoms with Gasteiger partial charge < -0.3 is 4.90 Å². The molecule has 0 radical (unpaired) electrons. The molecular formula is C16H31N. The summed E-state index contributed by atoms with van der Waals surface area (Å²) in [4.78, 5) is 2.76. The van der Waals surface area contributed by atoms with Crippen molar-refractivity contribution in [2.24, 2.45) is 23.2 Å². The van der Waals surface area contributed by atoms with E-state index in [-0.39, 0.29) is 0 Å². The van der Waals surface area contributed by atoms with Crippen molar-refractivity contribution in [2.45, 2.75) is 59.8 Å². The zero-order valence-corrected chi connectivity index (χ0v) is 12.3. The van der Waals surface area contributed by atoms with Gasteiger partial charge in [-0.1, -0.05) is 27.7 Å². The lowest BCUT2D eigenvalue weighted by molar-refractivity contribution is 0.127. The first-order chi connectivity index (χ1) is 8.01. The van der Waals surface area contributed by atoms with E-state index in [1.807, 2.05) is 0 Å². The topological polar surface area (TPSA) is 3.24 Å². The van der Waals surface area contributed by atoms with E-state index in [2.05, 4.69) is 32.6 Å². The Hall–Kier alpha value is -0.0400. The molecule has 2 rings (SSSR count). The minimum absolute atomic E-state index is 0.735. The molecule has 2 fully saturated rings. The smallest absolute Gasteiger partial charge is 0.00381 e. The second-order valence-electron chi connectivity index (χ2n) is 7.46. The highest BCUT2D eigenvalue weighted by molar-refractivity contribution is 4.96. The van der Waals surface area contributed by atoms with Crippen LogP contribution < -0.4 is 0 Å². The van der Waals surface area contributed by atoms with Crippen LogP contribution in [-0.2, 0) is 0 Å². The highest BCUT2D eigenvalue weighted by Gasteiger charge is 2.44. The molecule has 1 nitrogen and oxygen atoms in total. The van der Waals surface area contributed by atoms with Gasteiger partial charge in [0.25, 0.3) is 0 Å². The second-order valence-corrected chi connectivity index (χ2v) is 7.46. The Kier molecular flexibility index (Phi) is 4.18. The summed E-state index contributed by atoms with van der Waals surface area (Å²) in [5.74, 6) is 2.76. The van der Waals surface area contributed by atoms with Gasteiger partial charge in [0.15, 0.2) is 0 Å². The maximum absolute atomic E-state index is 2.76. The van der Waals surface area contributed by atoms with Crippen LogP contribution in [-0.4, -0.2) is 24.5 Å². The summed E-state index contributed by atoms with van der Waals surface area (Å²) in [5, 5.41) is 0. The van der Waals surface area contributed by atoms with Crippen molar-refractivity contribution in [1.82, 2.24) is 4.90 Å². The normalized spacial score (nSPS) is 25.8. The molecule has 1 saturated heterocycles. The van der Waals surface area contributed by atoms with Gasteiger partial charge in [0, 0.05) is 6.54 Å². The van der Waals surface area contributed by atoms with E-state index in [9.17, 15) is 0 Å². The molecule has 0 N–H and O–H groups in total. The van der Waals surface area contributed by atoms with E-state index >= 15 is 0 Å². The first-order valence-corrected chi connectivity index (χ1v) is 7.73. The van der Waals surface area contributed by atoms with Crippen LogP contribution in [0.4, 0.5) is 0 Å². The maximum atomic E-state index is 2.76. The van der Waals surface area contributed by atoms with Gasteiger partial charge in [-0.3, -0.25) is 0 Å². The fraction of sp³-hybridized carbons (Fsp3) is 1.00. The maximum Gasteiger partial charge on any atom is 0.00381 e. The molecule has 0 spiro atoms. The highest BCUT2D eigenvalue weighted by Crippen LogP contribution is 2.51. The fourth-order valence-corrected chi connectivity index (χ4v) is 3.72. The van der Waals surface area contributed by atoms with E-state index in [1.54, 1.807) is 0 Å². The van der Waals surface area contributed by atoms with Crippen LogP contribution in [0, 0.1) is 23.2 Å². The van der Waals surface area contributed by atoms with Crippen molar-refractivity contribution in [1.29, 1.82) is 0 Å². The third-order valence-corrected chi connectivity index (χ3v) is 4.93. The van der Waals surface area contributed by atoms with Crippen LogP contribution in [0.5, 0.6) is 0 Å². The minimum Gasteiger partial charge on any atom is -0.303 e. The van der Waals surface area contributed by atoms with Crippen molar-refractivity contribution < 1.29 is 0 Å². The summed E-state index contributed by atoms with van der Waals surface area (Å²) < 4.78 is 0. The second kappa shape index (κ2) is 5.30. The van der Waals surface area contributed by atoms with Gasteiger partial charge in [-0.2, -0.15) is 0 Å². The Morgan fingerprint density at radius 2 is 1.65 bits per heavy atom. The van der Waals surface area contributed by atoms with Gasteiger partial charge in [0.05, 0.1) is 0 Å². The van der Waals surface area contributed by atoms with Crippen molar-refractivity contribution >= 4 is 0 Å². The molecule has 1 heterocycles. The molecule has 1 aliphatic carbocycles. The zero-order valence-electron chi connectivity index (χ0n) is 12.3. The molecule has 1 heteroatoms. The van der Waals surface area contributed by atoms with Gasteiger partial charge in [-0.05, 0) is 68.4 Å². The van der Waals surface area contributed by atoms with E-state index in [0.29, 0.717) is 0 Å². The molecule has 0 bridgehead atoms. The Morgan fingerprint density at radius 1 is 1.06 bits per heavy atom. The molecule has 1 aliphatic heterocycles. The van der Waals surface area contributed by atoms with Crippen molar-refractivity contribution in [3.8, 4) is 0 Å². The Bertz CT molecular complexity index is 232. The van der Waals surface area contributed by atoms with E-state index in [4.69, 9.17) is 0 Å². The van der Waals surface area contributed by atoms with Crippen LogP contribution in [0.2, 0.25) is 0 Å². The van der Waals surface area contributed by atoms with E-state index in [1.165, 1.54) is 51.7 Å². The van der Waals surface area contributed by atoms with Crippen molar-refractivity contribution in [2.75, 3.05) is 19.6 Å². The van der Waals surface area contributed by atoms with Crippen LogP contribution in [0.15, 0.2) is 0 Å². The summed E-state index contributed by atoms with van der Waals surface area (Å²) in [6.45, 7) is 13.7. The predicted octanol–water partition coefficient (Wildman–Crippen LogP) is 4.18. The quantitative estimate of drug-likeness (QED) is 0.693. The molecule has 0 aromatic rings. The lowest BCUT2D eigenvalue weighted by Crippen LogP contribution is -2.39. The largest absolute Gasteiger partial charge is 0.303 e. The van der Waals surface area contributed by atoms with Gasteiger partial charge >= 0.3 is 0 Å². The summed E-state index contributed by atoms with van der Waals surface area (Å²) in [6, 6.07) is 0. The summed E-state index contributed by atoms with van der Waals surface area (Å²) >= 11 is 0. The number of nitrogens with zero attached hydrogens (tertiary/aromatic N) is 1. The number of rotatable bonds is 5. The van der Waals surface area contributed by atoms with Gasteiger partial charge in [0.1, 0.15) is 0 Å². The van der Waals surface area contributed by atoms with Crippen LogP contribution in [0.1, 0.15) is 59.8 Å². The number of hydrogen-bond donors (Lipinski definition) is 0. The number of piperidine rings is 1. The Labute approximate surface area is 108 Å². The first kappa shape index (κ1) is 13.4. The third kappa shape index (κ3) is 3.71. The average molecular weight is 237 g/mol. The molecule has 17 heavy (non-hydrogen) atoms. The van der Waals surface area contributed by atoms with Crippen LogP contribution in [0.25, 0.3) is 0 Å². The Morgan fingerprint density at radius 3 is 2.06 bits per heavy atom. The summed E-state index contributed by atoms with van der Waals surface area (Å²) in [7, 11) is 0. The average Bonchev–Trinajstić information content (AvgIpc) is 2.97. The molecule has 0 atom stereocenters. The van der Waals surface area contributed by atoms with E-state index in [0.717, 1.165) is 23.2 Å². The molecule has 0 aromatic carbocycles. The highest BCUT2D eigenvalue weighted by atomic mass is 15.1. The lowest BCUT2D eigenvalue weighted by Gasteiger charge is -2.36. The fourth-order valence-electron chi connectivity index (χ4n) is 3.72. The zero-order chi connectivity index (χ0) is 12.5. The third-order valence-electron chi connectivity index (χ3n) is 4.93. The molecule has 0 unspecified atom stereocenters. The summed E-state index contributed by atoms with van der Waals surface area (Å²) in [5.41, 5.74) is 0.735. The van der Waals surface area contributed by atoms with Gasteiger partial charge in [-0.25, -0.2) is 0 Å². The molecular weight excluding hydrogens is 206 g/mol. The number of hydrogen-bond acceptors (Lipinski definition) is 1. The lowest BCUT2D eigenvalue weighted by atomic mass is 9.86. The molecule has 0 aromatic heterocycles. The standard InChI is InChI=1S/C16H31N/c1-13(2)11-16(7-8-16)12-17-9-5-15(6-10-17)14(3)4/h13-15H,5-12H2,1-4H3. The van der Waals surface area contributed by atoms with Gasteiger partial charge in [0.2, 0.25) is 0 Å². The first-order valence-electron chi connectivity index (χ1n) is 7.73. The van der Waals surface area contributed by atoms with Gasteiger partial charge in [-0.15, -0.1) is 0 Å².